The fourth-order valence-corrected chi connectivity index (χ4v) is 2.57. The van der Waals surface area contributed by atoms with E-state index in [0.29, 0.717) is 0 Å². The van der Waals surface area contributed by atoms with Crippen LogP contribution in [0.5, 0.6) is 0 Å². The first kappa shape index (κ1) is 12.5. The lowest BCUT2D eigenvalue weighted by Gasteiger charge is -2.16. The van der Waals surface area contributed by atoms with E-state index in [1.807, 2.05) is 22.5 Å². The Morgan fingerprint density at radius 3 is 3.11 bits per heavy atom. The average Bonchev–Trinajstić information content (AvgIpc) is 2.77. The first-order valence-electron chi connectivity index (χ1n) is 5.68. The van der Waals surface area contributed by atoms with E-state index in [1.54, 1.807) is 0 Å². The molecule has 3 rings (SSSR count). The lowest BCUT2D eigenvalue weighted by molar-refractivity contribution is 0.619. The first-order valence-corrected chi connectivity index (χ1v) is 6.46. The SMILES string of the molecule is Fc1cnc(Cl)nc1Nc1cccc2c1N(S)CC2. The van der Waals surface area contributed by atoms with Crippen LogP contribution in [0.2, 0.25) is 5.28 Å². The second kappa shape index (κ2) is 4.86. The van der Waals surface area contributed by atoms with Crippen LogP contribution in [0.1, 0.15) is 5.56 Å². The Morgan fingerprint density at radius 1 is 1.42 bits per heavy atom. The zero-order chi connectivity index (χ0) is 13.4. The second-order valence-corrected chi connectivity index (χ2v) is 4.97. The van der Waals surface area contributed by atoms with Gasteiger partial charge in [0.25, 0.3) is 0 Å². The molecular formula is C12H10ClFN4S. The molecule has 2 heterocycles. The molecule has 0 radical (unpaired) electrons. The number of halogens is 2. The summed E-state index contributed by atoms with van der Waals surface area (Å²) in [5.74, 6) is -0.493. The summed E-state index contributed by atoms with van der Waals surface area (Å²) >= 11 is 10.1. The molecule has 1 aliphatic rings. The van der Waals surface area contributed by atoms with Crippen LogP contribution >= 0.6 is 24.4 Å². The van der Waals surface area contributed by atoms with Crippen molar-refractivity contribution in [2.24, 2.45) is 0 Å². The van der Waals surface area contributed by atoms with Gasteiger partial charge in [-0.05, 0) is 29.7 Å². The van der Waals surface area contributed by atoms with Crippen LogP contribution in [-0.2, 0) is 6.42 Å². The summed E-state index contributed by atoms with van der Waals surface area (Å²) in [6.45, 7) is 0.824. The van der Waals surface area contributed by atoms with Gasteiger partial charge in [-0.3, -0.25) is 0 Å². The van der Waals surface area contributed by atoms with Gasteiger partial charge in [0.15, 0.2) is 11.6 Å². The van der Waals surface area contributed by atoms with Crippen molar-refractivity contribution in [2.45, 2.75) is 6.42 Å². The highest BCUT2D eigenvalue weighted by atomic mass is 35.5. The number of fused-ring (bicyclic) bond motifs is 1. The summed E-state index contributed by atoms with van der Waals surface area (Å²) in [4.78, 5) is 7.43. The molecule has 2 aromatic rings. The Morgan fingerprint density at radius 2 is 2.26 bits per heavy atom. The van der Waals surface area contributed by atoms with E-state index >= 15 is 0 Å². The molecule has 0 bridgehead atoms. The maximum absolute atomic E-state index is 13.6. The van der Waals surface area contributed by atoms with Crippen molar-refractivity contribution < 1.29 is 4.39 Å². The van der Waals surface area contributed by atoms with Gasteiger partial charge in [-0.15, -0.1) is 0 Å². The quantitative estimate of drug-likeness (QED) is 0.659. The van der Waals surface area contributed by atoms with Gasteiger partial charge in [0, 0.05) is 6.54 Å². The van der Waals surface area contributed by atoms with Crippen molar-refractivity contribution in [2.75, 3.05) is 16.2 Å². The number of para-hydroxylation sites is 1. The molecule has 19 heavy (non-hydrogen) atoms. The second-order valence-electron chi connectivity index (χ2n) is 4.15. The smallest absolute Gasteiger partial charge is 0.224 e. The summed E-state index contributed by atoms with van der Waals surface area (Å²) in [5, 5.41) is 2.94. The number of rotatable bonds is 2. The molecule has 7 heteroatoms. The van der Waals surface area contributed by atoms with Crippen LogP contribution in [0.3, 0.4) is 0 Å². The van der Waals surface area contributed by atoms with Crippen molar-refractivity contribution in [3.8, 4) is 0 Å². The lowest BCUT2D eigenvalue weighted by atomic mass is 10.1. The van der Waals surface area contributed by atoms with Crippen LogP contribution in [0.4, 0.5) is 21.6 Å². The fourth-order valence-electron chi connectivity index (χ4n) is 2.10. The first-order chi connectivity index (χ1) is 9.15. The molecule has 0 unspecified atom stereocenters. The van der Waals surface area contributed by atoms with Crippen molar-refractivity contribution in [3.63, 3.8) is 0 Å². The van der Waals surface area contributed by atoms with Gasteiger partial charge in [-0.1, -0.05) is 24.9 Å². The van der Waals surface area contributed by atoms with Gasteiger partial charge in [0.2, 0.25) is 5.28 Å². The summed E-state index contributed by atoms with van der Waals surface area (Å²) in [6, 6.07) is 5.79. The van der Waals surface area contributed by atoms with E-state index in [-0.39, 0.29) is 11.1 Å². The van der Waals surface area contributed by atoms with Gasteiger partial charge >= 0.3 is 0 Å². The van der Waals surface area contributed by atoms with Crippen LogP contribution in [0.15, 0.2) is 24.4 Å². The van der Waals surface area contributed by atoms with Crippen LogP contribution in [0, 0.1) is 5.82 Å². The monoisotopic (exact) mass is 296 g/mol. The molecule has 0 atom stereocenters. The highest BCUT2D eigenvalue weighted by Crippen LogP contribution is 2.37. The molecule has 0 aliphatic carbocycles. The van der Waals surface area contributed by atoms with E-state index in [1.165, 1.54) is 5.56 Å². The summed E-state index contributed by atoms with van der Waals surface area (Å²) in [7, 11) is 0. The molecule has 0 saturated heterocycles. The predicted molar refractivity (Wildman–Crippen MR) is 76.8 cm³/mol. The minimum Gasteiger partial charge on any atom is -0.336 e. The third-order valence-electron chi connectivity index (χ3n) is 2.94. The van der Waals surface area contributed by atoms with Crippen LogP contribution in [0.25, 0.3) is 0 Å². The summed E-state index contributed by atoms with van der Waals surface area (Å²) < 4.78 is 15.5. The number of benzene rings is 1. The zero-order valence-corrected chi connectivity index (χ0v) is 11.4. The molecule has 4 nitrogen and oxygen atoms in total. The molecule has 1 aliphatic heterocycles. The number of aromatic nitrogens is 2. The number of nitrogens with one attached hydrogen (secondary N) is 1. The Balaban J connectivity index is 2.01. The summed E-state index contributed by atoms with van der Waals surface area (Å²) in [5.41, 5.74) is 2.86. The Labute approximate surface area is 120 Å². The van der Waals surface area contributed by atoms with E-state index in [4.69, 9.17) is 11.6 Å². The maximum atomic E-state index is 13.6. The van der Waals surface area contributed by atoms with Crippen LogP contribution < -0.4 is 9.62 Å². The molecule has 0 spiro atoms. The average molecular weight is 297 g/mol. The number of anilines is 3. The molecular weight excluding hydrogens is 287 g/mol. The number of hydrogen-bond acceptors (Lipinski definition) is 5. The Kier molecular flexibility index (Phi) is 3.20. The summed E-state index contributed by atoms with van der Waals surface area (Å²) in [6.07, 6.45) is 1.96. The topological polar surface area (TPSA) is 41.1 Å². The van der Waals surface area contributed by atoms with Gasteiger partial charge in [0.05, 0.1) is 17.6 Å². The molecule has 0 saturated carbocycles. The van der Waals surface area contributed by atoms with E-state index in [0.717, 1.165) is 30.5 Å². The molecule has 1 N–H and O–H groups in total. The lowest BCUT2D eigenvalue weighted by Crippen LogP contribution is -2.08. The fraction of sp³-hybridized carbons (Fsp3) is 0.167. The Hall–Kier alpha value is -1.53. The third kappa shape index (κ3) is 2.33. The highest BCUT2D eigenvalue weighted by Gasteiger charge is 2.20. The minimum atomic E-state index is -0.550. The zero-order valence-electron chi connectivity index (χ0n) is 9.77. The van der Waals surface area contributed by atoms with Crippen molar-refractivity contribution >= 4 is 41.6 Å². The number of hydrogen-bond donors (Lipinski definition) is 2. The molecule has 0 amide bonds. The normalized spacial score (nSPS) is 13.5. The van der Waals surface area contributed by atoms with Gasteiger partial charge < -0.3 is 9.62 Å². The third-order valence-corrected chi connectivity index (χ3v) is 3.52. The van der Waals surface area contributed by atoms with Crippen molar-refractivity contribution in [1.29, 1.82) is 0 Å². The highest BCUT2D eigenvalue weighted by molar-refractivity contribution is 7.81. The maximum Gasteiger partial charge on any atom is 0.224 e. The van der Waals surface area contributed by atoms with E-state index in [9.17, 15) is 4.39 Å². The molecule has 98 valence electrons. The molecule has 1 aromatic carbocycles. The number of thiol groups is 1. The van der Waals surface area contributed by atoms with Gasteiger partial charge in [-0.2, -0.15) is 4.98 Å². The Bertz CT molecular complexity index is 637. The van der Waals surface area contributed by atoms with Gasteiger partial charge in [-0.25, -0.2) is 9.37 Å². The largest absolute Gasteiger partial charge is 0.336 e. The van der Waals surface area contributed by atoms with E-state index < -0.39 is 5.82 Å². The van der Waals surface area contributed by atoms with Crippen molar-refractivity contribution in [1.82, 2.24) is 9.97 Å². The predicted octanol–water partition coefficient (Wildman–Crippen LogP) is 3.22. The standard InChI is InChI=1S/C12H10ClFN4S/c13-12-15-6-8(14)11(17-12)16-9-3-1-2-7-4-5-18(19)10(7)9/h1-3,6,19H,4-5H2,(H,15,16,17). The molecule has 1 aromatic heterocycles. The van der Waals surface area contributed by atoms with E-state index in [2.05, 4.69) is 28.1 Å². The number of nitrogens with zero attached hydrogens (tertiary/aromatic N) is 3. The van der Waals surface area contributed by atoms with Gasteiger partial charge in [0.1, 0.15) is 0 Å². The van der Waals surface area contributed by atoms with Crippen LogP contribution in [-0.4, -0.2) is 16.5 Å². The minimum absolute atomic E-state index is 0.000735. The molecule has 0 fully saturated rings. The van der Waals surface area contributed by atoms with Crippen molar-refractivity contribution in [3.05, 3.63) is 41.1 Å².